The topological polar surface area (TPSA) is 60.2 Å². The average Bonchev–Trinajstić information content (AvgIpc) is 2.02. The van der Waals surface area contributed by atoms with Crippen molar-refractivity contribution in [2.45, 2.75) is 4.90 Å². The molecular weight excluding hydrogens is 217 g/mol. The summed E-state index contributed by atoms with van der Waals surface area (Å²) in [6, 6.07) is 5.22. The first-order chi connectivity index (χ1) is 6.32. The molecule has 0 spiro atoms. The second-order valence-electron chi connectivity index (χ2n) is 3.39. The minimum absolute atomic E-state index is 0.242. The maximum atomic E-state index is 11.4. The van der Waals surface area contributed by atoms with Crippen LogP contribution in [0.1, 0.15) is 0 Å². The van der Waals surface area contributed by atoms with E-state index < -0.39 is 9.84 Å². The van der Waals surface area contributed by atoms with Crippen molar-refractivity contribution in [3.63, 3.8) is 0 Å². The lowest BCUT2D eigenvalue weighted by Gasteiger charge is -2.09. The number of anilines is 1. The molecule has 0 amide bonds. The summed E-state index contributed by atoms with van der Waals surface area (Å²) >= 11 is 0. The number of hydrogen-bond acceptors (Lipinski definition) is 3. The van der Waals surface area contributed by atoms with Crippen molar-refractivity contribution in [3.8, 4) is 0 Å². The van der Waals surface area contributed by atoms with Gasteiger partial charge < -0.3 is 5.73 Å². The zero-order valence-corrected chi connectivity index (χ0v) is 10.2. The van der Waals surface area contributed by atoms with Gasteiger partial charge in [-0.2, -0.15) is 0 Å². The molecule has 5 heteroatoms. The van der Waals surface area contributed by atoms with E-state index in [4.69, 9.17) is 5.73 Å². The Labute approximate surface area is 86.0 Å². The minimum Gasteiger partial charge on any atom is -0.398 e. The van der Waals surface area contributed by atoms with Crippen molar-refractivity contribution in [3.05, 3.63) is 18.2 Å². The third kappa shape index (κ3) is 2.46. The average molecular weight is 231 g/mol. The van der Waals surface area contributed by atoms with Gasteiger partial charge in [0, 0.05) is 6.26 Å². The highest BCUT2D eigenvalue weighted by molar-refractivity contribution is 7.91. The van der Waals surface area contributed by atoms with Crippen LogP contribution < -0.4 is 11.0 Å². The lowest BCUT2D eigenvalue weighted by Crippen LogP contribution is -2.08. The van der Waals surface area contributed by atoms with Gasteiger partial charge in [0.1, 0.15) is 0 Å². The summed E-state index contributed by atoms with van der Waals surface area (Å²) in [4.78, 5) is 0.242. The van der Waals surface area contributed by atoms with E-state index in [-0.39, 0.29) is 12.8 Å². The number of sulfone groups is 1. The van der Waals surface area contributed by atoms with Crippen molar-refractivity contribution in [2.24, 2.45) is 0 Å². The Morgan fingerprint density at radius 2 is 1.86 bits per heavy atom. The van der Waals surface area contributed by atoms with Gasteiger partial charge in [-0.3, -0.25) is 0 Å². The molecule has 0 radical (unpaired) electrons. The molecule has 1 aromatic rings. The van der Waals surface area contributed by atoms with Gasteiger partial charge in [-0.1, -0.05) is 14.0 Å². The molecule has 1 rings (SSSR count). The molecule has 0 aliphatic carbocycles. The molecule has 0 fully saturated rings. The second kappa shape index (κ2) is 3.87. The van der Waals surface area contributed by atoms with Gasteiger partial charge >= 0.3 is 0 Å². The van der Waals surface area contributed by atoms with Gasteiger partial charge in [0.05, 0.1) is 10.6 Å². The van der Waals surface area contributed by atoms with Crippen LogP contribution >= 0.6 is 7.92 Å². The minimum atomic E-state index is -3.20. The maximum Gasteiger partial charge on any atom is 0.177 e. The fourth-order valence-electron chi connectivity index (χ4n) is 1.12. The summed E-state index contributed by atoms with van der Waals surface area (Å²) < 4.78 is 22.7. The Balaban J connectivity index is 3.37. The molecule has 0 aliphatic heterocycles. The Kier molecular flexibility index (Phi) is 3.17. The largest absolute Gasteiger partial charge is 0.398 e. The molecule has 0 unspecified atom stereocenters. The highest BCUT2D eigenvalue weighted by Crippen LogP contribution is 2.26. The van der Waals surface area contributed by atoms with Crippen LogP contribution in [0.4, 0.5) is 5.69 Å². The fourth-order valence-corrected chi connectivity index (χ4v) is 2.81. The number of rotatable bonds is 2. The smallest absolute Gasteiger partial charge is 0.177 e. The van der Waals surface area contributed by atoms with Gasteiger partial charge in [-0.05, 0) is 30.8 Å². The molecule has 2 N–H and O–H groups in total. The molecule has 1 aromatic carbocycles. The van der Waals surface area contributed by atoms with Crippen molar-refractivity contribution in [1.29, 1.82) is 0 Å². The molecule has 0 saturated carbocycles. The number of nitrogens with two attached hydrogens (primary N) is 1. The van der Waals surface area contributed by atoms with Crippen molar-refractivity contribution >= 4 is 28.8 Å². The third-order valence-electron chi connectivity index (χ3n) is 1.91. The number of benzene rings is 1. The van der Waals surface area contributed by atoms with Crippen LogP contribution in [0.5, 0.6) is 0 Å². The van der Waals surface area contributed by atoms with E-state index >= 15 is 0 Å². The van der Waals surface area contributed by atoms with Crippen LogP contribution in [-0.4, -0.2) is 28.0 Å². The summed E-state index contributed by atoms with van der Waals surface area (Å²) in [5, 5.41) is 1.05. The Bertz CT molecular complexity index is 440. The van der Waals surface area contributed by atoms with Crippen LogP contribution in [0, 0.1) is 0 Å². The molecule has 14 heavy (non-hydrogen) atoms. The molecule has 78 valence electrons. The van der Waals surface area contributed by atoms with E-state index in [0.29, 0.717) is 5.69 Å². The quantitative estimate of drug-likeness (QED) is 0.611. The summed E-state index contributed by atoms with van der Waals surface area (Å²) in [5.41, 5.74) is 5.93. The van der Waals surface area contributed by atoms with Crippen LogP contribution in [0.3, 0.4) is 0 Å². The molecule has 0 heterocycles. The first-order valence-corrected chi connectivity index (χ1v) is 8.22. The standard InChI is InChI=1S/C9H14NO2PS/c1-13(2)7-4-5-8(10)9(6-7)14(3,11)12/h4-6H,10H2,1-3H3. The summed E-state index contributed by atoms with van der Waals surface area (Å²) in [7, 11) is -3.50. The summed E-state index contributed by atoms with van der Waals surface area (Å²) in [6.45, 7) is 4.15. The Morgan fingerprint density at radius 3 is 2.29 bits per heavy atom. The normalized spacial score (nSPS) is 12.0. The van der Waals surface area contributed by atoms with E-state index in [1.165, 1.54) is 6.26 Å². The lowest BCUT2D eigenvalue weighted by molar-refractivity contribution is 0.602. The van der Waals surface area contributed by atoms with Gasteiger partial charge in [0.15, 0.2) is 9.84 Å². The number of nitrogen functional groups attached to an aromatic ring is 1. The Morgan fingerprint density at radius 1 is 1.29 bits per heavy atom. The van der Waals surface area contributed by atoms with E-state index in [9.17, 15) is 8.42 Å². The van der Waals surface area contributed by atoms with Gasteiger partial charge in [-0.15, -0.1) is 0 Å². The van der Waals surface area contributed by atoms with E-state index in [0.717, 1.165) is 5.30 Å². The summed E-state index contributed by atoms with van der Waals surface area (Å²) in [5.74, 6) is 0. The van der Waals surface area contributed by atoms with E-state index in [2.05, 4.69) is 13.3 Å². The molecular formula is C9H14NO2PS. The summed E-state index contributed by atoms with van der Waals surface area (Å²) in [6.07, 6.45) is 1.18. The zero-order chi connectivity index (χ0) is 10.9. The molecule has 0 aromatic heterocycles. The molecule has 3 nitrogen and oxygen atoms in total. The predicted octanol–water partition coefficient (Wildman–Crippen LogP) is 1.04. The SMILES string of the molecule is CP(C)c1ccc(N)c(S(C)(=O)=O)c1. The van der Waals surface area contributed by atoms with Crippen molar-refractivity contribution in [2.75, 3.05) is 25.3 Å². The molecule has 0 bridgehead atoms. The van der Waals surface area contributed by atoms with Crippen LogP contribution in [0.2, 0.25) is 0 Å². The predicted molar refractivity (Wildman–Crippen MR) is 62.4 cm³/mol. The van der Waals surface area contributed by atoms with Gasteiger partial charge in [0.25, 0.3) is 0 Å². The lowest BCUT2D eigenvalue weighted by atomic mass is 10.3. The maximum absolute atomic E-state index is 11.4. The van der Waals surface area contributed by atoms with Crippen LogP contribution in [-0.2, 0) is 9.84 Å². The Hall–Kier alpha value is -0.600. The van der Waals surface area contributed by atoms with Crippen LogP contribution in [0.25, 0.3) is 0 Å². The molecule has 0 atom stereocenters. The number of hydrogen-bond donors (Lipinski definition) is 1. The van der Waals surface area contributed by atoms with Gasteiger partial charge in [0.2, 0.25) is 0 Å². The van der Waals surface area contributed by atoms with Gasteiger partial charge in [-0.25, -0.2) is 8.42 Å². The van der Waals surface area contributed by atoms with Crippen molar-refractivity contribution < 1.29 is 8.42 Å². The van der Waals surface area contributed by atoms with E-state index in [1.807, 2.05) is 6.07 Å². The monoisotopic (exact) mass is 231 g/mol. The first kappa shape index (κ1) is 11.5. The highest BCUT2D eigenvalue weighted by Gasteiger charge is 2.12. The third-order valence-corrected chi connectivity index (χ3v) is 4.38. The van der Waals surface area contributed by atoms with E-state index in [1.54, 1.807) is 12.1 Å². The zero-order valence-electron chi connectivity index (χ0n) is 8.48. The highest BCUT2D eigenvalue weighted by atomic mass is 32.2. The molecule has 0 saturated heterocycles. The fraction of sp³-hybridized carbons (Fsp3) is 0.333. The second-order valence-corrected chi connectivity index (χ2v) is 7.68. The first-order valence-electron chi connectivity index (χ1n) is 4.09. The molecule has 0 aliphatic rings. The van der Waals surface area contributed by atoms with Crippen molar-refractivity contribution in [1.82, 2.24) is 0 Å². The van der Waals surface area contributed by atoms with Crippen LogP contribution in [0.15, 0.2) is 23.1 Å².